The van der Waals surface area contributed by atoms with Crippen LogP contribution in [0, 0.1) is 10.8 Å². The molecule has 0 aromatic carbocycles. The van der Waals surface area contributed by atoms with Crippen molar-refractivity contribution in [2.45, 2.75) is 42.2 Å². The Hall–Kier alpha value is -2.10. The number of nitrogens with one attached hydrogen (secondary N) is 2. The van der Waals surface area contributed by atoms with E-state index in [4.69, 9.17) is 27.5 Å². The summed E-state index contributed by atoms with van der Waals surface area (Å²) >= 11 is 7.65. The van der Waals surface area contributed by atoms with Crippen molar-refractivity contribution in [3.63, 3.8) is 0 Å². The predicted molar refractivity (Wildman–Crippen MR) is 115 cm³/mol. The fraction of sp³-hybridized carbons (Fsp3) is 0.474. The first kappa shape index (κ1) is 20.2. The van der Waals surface area contributed by atoms with Crippen molar-refractivity contribution in [1.82, 2.24) is 15.0 Å². The third kappa shape index (κ3) is 4.26. The molecule has 4 N–H and O–H groups in total. The standard InChI is InChI=1S/C19H24ClN7OS/c1-12-8-19(10-28-12)3-6-27(7-4-19)18-17(25-11-21)26-14(9-24-18)29-13-2-5-23-16(22)15(13)20/h2,5,9,11-12H,3-4,6-8,10H2,1H3,(H2,22,23)(H2,21,25,26)/t12-/m0/s1. The van der Waals surface area contributed by atoms with Crippen molar-refractivity contribution < 1.29 is 4.74 Å². The molecule has 0 unspecified atom stereocenters. The topological polar surface area (TPSA) is 116 Å². The number of halogens is 1. The second-order valence-corrected chi connectivity index (χ2v) is 9.06. The first-order valence-electron chi connectivity index (χ1n) is 9.56. The number of rotatable bonds is 4. The number of nitrogens with zero attached hydrogens (tertiary/aromatic N) is 4. The smallest absolute Gasteiger partial charge is 0.175 e. The molecular weight excluding hydrogens is 410 g/mol. The van der Waals surface area contributed by atoms with Crippen LogP contribution in [-0.2, 0) is 4.74 Å². The lowest BCUT2D eigenvalue weighted by Crippen LogP contribution is -2.43. The van der Waals surface area contributed by atoms with Crippen LogP contribution in [-0.4, -0.2) is 47.1 Å². The van der Waals surface area contributed by atoms with Crippen LogP contribution in [0.2, 0.25) is 5.02 Å². The zero-order valence-corrected chi connectivity index (χ0v) is 17.8. The lowest BCUT2D eigenvalue weighted by Gasteiger charge is -2.38. The van der Waals surface area contributed by atoms with E-state index in [0.717, 1.165) is 61.0 Å². The minimum Gasteiger partial charge on any atom is -0.382 e. The Morgan fingerprint density at radius 3 is 2.93 bits per heavy atom. The van der Waals surface area contributed by atoms with Gasteiger partial charge in [-0.15, -0.1) is 0 Å². The predicted octanol–water partition coefficient (Wildman–Crippen LogP) is 3.09. The first-order valence-corrected chi connectivity index (χ1v) is 10.8. The molecule has 2 aliphatic rings. The summed E-state index contributed by atoms with van der Waals surface area (Å²) in [6.45, 7) is 4.80. The summed E-state index contributed by atoms with van der Waals surface area (Å²) in [5.41, 5.74) is 6.65. The van der Waals surface area contributed by atoms with Crippen LogP contribution in [0.25, 0.3) is 0 Å². The number of pyridine rings is 1. The van der Waals surface area contributed by atoms with E-state index in [1.807, 2.05) is 0 Å². The first-order chi connectivity index (χ1) is 14.0. The number of piperidine rings is 1. The quantitative estimate of drug-likeness (QED) is 0.504. The molecule has 0 amide bonds. The molecule has 4 heterocycles. The Morgan fingerprint density at radius 2 is 2.24 bits per heavy atom. The van der Waals surface area contributed by atoms with E-state index in [9.17, 15) is 0 Å². The third-order valence-corrected chi connectivity index (χ3v) is 7.07. The van der Waals surface area contributed by atoms with Gasteiger partial charge in [0.05, 0.1) is 29.0 Å². The van der Waals surface area contributed by atoms with Crippen molar-refractivity contribution in [3.05, 3.63) is 29.0 Å². The highest BCUT2D eigenvalue weighted by Crippen LogP contribution is 2.42. The number of nitrogens with two attached hydrogens (primary N) is 1. The normalized spacial score (nSPS) is 21.7. The Bertz CT molecular complexity index is 971. The number of hydrogen-bond acceptors (Lipinski definition) is 7. The maximum atomic E-state index is 7.43. The molecule has 1 atom stereocenters. The molecule has 2 saturated heterocycles. The molecule has 154 valence electrons. The largest absolute Gasteiger partial charge is 0.382 e. The number of hydrogen-bond donors (Lipinski definition) is 3. The van der Waals surface area contributed by atoms with Crippen LogP contribution in [0.5, 0.6) is 0 Å². The van der Waals surface area contributed by atoms with E-state index < -0.39 is 0 Å². The van der Waals surface area contributed by atoms with Gasteiger partial charge in [0.15, 0.2) is 11.3 Å². The number of ether oxygens (including phenoxy) is 1. The Balaban J connectivity index is 1.55. The second-order valence-electron chi connectivity index (χ2n) is 7.60. The van der Waals surface area contributed by atoms with Crippen molar-refractivity contribution >= 4 is 41.3 Å². The maximum absolute atomic E-state index is 7.43. The van der Waals surface area contributed by atoms with E-state index >= 15 is 0 Å². The zero-order chi connectivity index (χ0) is 20.4. The van der Waals surface area contributed by atoms with Crippen LogP contribution in [0.4, 0.5) is 11.6 Å². The maximum Gasteiger partial charge on any atom is 0.175 e. The second kappa shape index (κ2) is 8.33. The summed E-state index contributed by atoms with van der Waals surface area (Å²) in [4.78, 5) is 19.1. The molecule has 0 saturated carbocycles. The molecule has 0 aliphatic carbocycles. The Kier molecular flexibility index (Phi) is 5.80. The third-order valence-electron chi connectivity index (χ3n) is 5.57. The van der Waals surface area contributed by atoms with Gasteiger partial charge in [0.25, 0.3) is 0 Å². The van der Waals surface area contributed by atoms with Gasteiger partial charge in [-0.1, -0.05) is 23.4 Å². The van der Waals surface area contributed by atoms with Gasteiger partial charge in [0.1, 0.15) is 12.2 Å². The van der Waals surface area contributed by atoms with Gasteiger partial charge in [-0.3, -0.25) is 5.41 Å². The van der Waals surface area contributed by atoms with E-state index in [1.165, 1.54) is 11.8 Å². The van der Waals surface area contributed by atoms with Crippen LogP contribution < -0.4 is 16.1 Å². The van der Waals surface area contributed by atoms with Crippen molar-refractivity contribution in [1.29, 1.82) is 5.41 Å². The van der Waals surface area contributed by atoms with E-state index in [2.05, 4.69) is 31.8 Å². The van der Waals surface area contributed by atoms with Gasteiger partial charge in [-0.25, -0.2) is 15.0 Å². The molecule has 10 heteroatoms. The van der Waals surface area contributed by atoms with Gasteiger partial charge >= 0.3 is 0 Å². The van der Waals surface area contributed by atoms with Crippen molar-refractivity contribution in [3.8, 4) is 0 Å². The lowest BCUT2D eigenvalue weighted by molar-refractivity contribution is 0.0975. The molecule has 0 radical (unpaired) electrons. The molecule has 2 aromatic rings. The molecule has 4 rings (SSSR count). The molecule has 2 aliphatic heterocycles. The number of H-pyrrole nitrogens is 1. The number of aromatic amines is 1. The molecule has 29 heavy (non-hydrogen) atoms. The van der Waals surface area contributed by atoms with Gasteiger partial charge in [-0.05, 0) is 37.7 Å². The average molecular weight is 434 g/mol. The van der Waals surface area contributed by atoms with Gasteiger partial charge in [0.2, 0.25) is 0 Å². The van der Waals surface area contributed by atoms with Gasteiger partial charge < -0.3 is 20.4 Å². The lowest BCUT2D eigenvalue weighted by atomic mass is 9.77. The number of anilines is 2. The highest BCUT2D eigenvalue weighted by Gasteiger charge is 2.41. The monoisotopic (exact) mass is 433 g/mol. The van der Waals surface area contributed by atoms with Crippen molar-refractivity contribution in [2.24, 2.45) is 10.4 Å². The van der Waals surface area contributed by atoms with E-state index in [1.54, 1.807) is 18.5 Å². The van der Waals surface area contributed by atoms with E-state index in [0.29, 0.717) is 22.0 Å². The zero-order valence-electron chi connectivity index (χ0n) is 16.2. The van der Waals surface area contributed by atoms with E-state index in [-0.39, 0.29) is 5.82 Å². The molecule has 8 nitrogen and oxygen atoms in total. The summed E-state index contributed by atoms with van der Waals surface area (Å²) in [7, 11) is 0. The fourth-order valence-corrected chi connectivity index (χ4v) is 5.09. The summed E-state index contributed by atoms with van der Waals surface area (Å²) in [5, 5.41) is 8.60. The average Bonchev–Trinajstić information content (AvgIpc) is 3.07. The summed E-state index contributed by atoms with van der Waals surface area (Å²) in [6.07, 6.45) is 8.04. The van der Waals surface area contributed by atoms with Crippen LogP contribution in [0.3, 0.4) is 0 Å². The van der Waals surface area contributed by atoms with Crippen LogP contribution in [0.15, 0.2) is 33.4 Å². The highest BCUT2D eigenvalue weighted by molar-refractivity contribution is 7.99. The molecular formula is C19H24ClN7OS. The Labute approximate surface area is 178 Å². The Morgan fingerprint density at radius 1 is 1.45 bits per heavy atom. The highest BCUT2D eigenvalue weighted by atomic mass is 35.5. The summed E-state index contributed by atoms with van der Waals surface area (Å²) < 4.78 is 5.82. The SMILES string of the molecule is C[C@H]1CC2(CCN(c3ncc(Sc4ccnc(N)c4Cl)[nH]/c3=N\C=N)CC2)CO1. The minimum absolute atomic E-state index is 0.290. The van der Waals surface area contributed by atoms with Gasteiger partial charge in [-0.2, -0.15) is 0 Å². The summed E-state index contributed by atoms with van der Waals surface area (Å²) in [6, 6.07) is 1.80. The van der Waals surface area contributed by atoms with Gasteiger partial charge in [0, 0.05) is 24.2 Å². The van der Waals surface area contributed by atoms with Crippen LogP contribution >= 0.6 is 23.4 Å². The molecule has 0 bridgehead atoms. The molecule has 1 spiro atoms. The van der Waals surface area contributed by atoms with Crippen molar-refractivity contribution in [2.75, 3.05) is 30.3 Å². The molecule has 2 aromatic heterocycles. The number of nitrogen functional groups attached to an aromatic ring is 1. The molecule has 2 fully saturated rings. The summed E-state index contributed by atoms with van der Waals surface area (Å²) in [5.74, 6) is 1.05. The van der Waals surface area contributed by atoms with Crippen LogP contribution in [0.1, 0.15) is 26.2 Å². The minimum atomic E-state index is 0.290. The number of aromatic nitrogens is 3. The fourth-order valence-electron chi connectivity index (χ4n) is 4.05.